The molecule has 1 heterocycles. The molecule has 0 aliphatic heterocycles. The van der Waals surface area contributed by atoms with Gasteiger partial charge in [0.1, 0.15) is 0 Å². The van der Waals surface area contributed by atoms with Crippen molar-refractivity contribution in [2.45, 2.75) is 26.7 Å². The Morgan fingerprint density at radius 1 is 1.32 bits per heavy atom. The van der Waals surface area contributed by atoms with Gasteiger partial charge < -0.3 is 0 Å². The second kappa shape index (κ2) is 5.60. The second-order valence-electron chi connectivity index (χ2n) is 4.86. The second-order valence-corrected chi connectivity index (χ2v) is 4.86. The van der Waals surface area contributed by atoms with Crippen LogP contribution in [0.25, 0.3) is 5.69 Å². The Labute approximate surface area is 111 Å². The largest absolute Gasteiger partial charge is 0.269 e. The van der Waals surface area contributed by atoms with E-state index in [4.69, 9.17) is 0 Å². The summed E-state index contributed by atoms with van der Waals surface area (Å²) in [7, 11) is 0. The summed E-state index contributed by atoms with van der Waals surface area (Å²) in [5, 5.41) is 18.7. The van der Waals surface area contributed by atoms with E-state index in [2.05, 4.69) is 24.2 Å². The van der Waals surface area contributed by atoms with Crippen LogP contribution in [0.2, 0.25) is 0 Å². The first kappa shape index (κ1) is 13.2. The summed E-state index contributed by atoms with van der Waals surface area (Å²) in [6.45, 7) is 4.33. The number of nitrogens with zero attached hydrogens (tertiary/aromatic N) is 4. The highest BCUT2D eigenvalue weighted by Crippen LogP contribution is 2.15. The Bertz CT molecular complexity index is 560. The van der Waals surface area contributed by atoms with Crippen molar-refractivity contribution in [3.63, 3.8) is 0 Å². The van der Waals surface area contributed by atoms with Gasteiger partial charge in [-0.3, -0.25) is 10.1 Å². The molecule has 2 aromatic rings. The van der Waals surface area contributed by atoms with Crippen LogP contribution >= 0.6 is 0 Å². The van der Waals surface area contributed by atoms with E-state index in [0.29, 0.717) is 5.92 Å². The Kier molecular flexibility index (Phi) is 3.89. The van der Waals surface area contributed by atoms with Crippen LogP contribution < -0.4 is 0 Å². The van der Waals surface area contributed by atoms with Gasteiger partial charge in [0.15, 0.2) is 0 Å². The zero-order valence-electron chi connectivity index (χ0n) is 11.0. The molecule has 0 aliphatic carbocycles. The topological polar surface area (TPSA) is 73.8 Å². The summed E-state index contributed by atoms with van der Waals surface area (Å²) in [5.74, 6) is 0.629. The number of benzene rings is 1. The molecule has 100 valence electrons. The number of hydrogen-bond acceptors (Lipinski definition) is 4. The van der Waals surface area contributed by atoms with Crippen LogP contribution in [0.5, 0.6) is 0 Å². The number of non-ortho nitro benzene ring substituents is 1. The third-order valence-electron chi connectivity index (χ3n) is 2.84. The number of hydrogen-bond donors (Lipinski definition) is 0. The maximum Gasteiger partial charge on any atom is 0.269 e. The SMILES string of the molecule is CC(C)CCc1cn(-c2ccc([N+](=O)[O-])cc2)nn1. The molecule has 19 heavy (non-hydrogen) atoms. The molecule has 0 N–H and O–H groups in total. The molecule has 0 atom stereocenters. The first-order valence-electron chi connectivity index (χ1n) is 6.22. The van der Waals surface area contributed by atoms with Crippen molar-refractivity contribution in [1.82, 2.24) is 15.0 Å². The number of aryl methyl sites for hydroxylation is 1. The fourth-order valence-electron chi connectivity index (χ4n) is 1.70. The van der Waals surface area contributed by atoms with Crippen LogP contribution in [0.15, 0.2) is 30.5 Å². The van der Waals surface area contributed by atoms with E-state index in [1.54, 1.807) is 16.8 Å². The van der Waals surface area contributed by atoms with Crippen LogP contribution in [-0.4, -0.2) is 19.9 Å². The van der Waals surface area contributed by atoms with E-state index in [-0.39, 0.29) is 5.69 Å². The molecule has 6 nitrogen and oxygen atoms in total. The van der Waals surface area contributed by atoms with Crippen LogP contribution in [0.4, 0.5) is 5.69 Å². The molecular weight excluding hydrogens is 244 g/mol. The summed E-state index contributed by atoms with van der Waals surface area (Å²) >= 11 is 0. The summed E-state index contributed by atoms with van der Waals surface area (Å²) in [5.41, 5.74) is 1.78. The van der Waals surface area contributed by atoms with Crippen molar-refractivity contribution < 1.29 is 4.92 Å². The monoisotopic (exact) mass is 260 g/mol. The molecule has 0 fully saturated rings. The molecule has 0 aliphatic rings. The van der Waals surface area contributed by atoms with Crippen molar-refractivity contribution in [3.05, 3.63) is 46.3 Å². The zero-order chi connectivity index (χ0) is 13.8. The minimum Gasteiger partial charge on any atom is -0.258 e. The molecule has 0 radical (unpaired) electrons. The average molecular weight is 260 g/mol. The zero-order valence-corrected chi connectivity index (χ0v) is 11.0. The van der Waals surface area contributed by atoms with Crippen LogP contribution in [0.3, 0.4) is 0 Å². The maximum atomic E-state index is 10.6. The fourth-order valence-corrected chi connectivity index (χ4v) is 1.70. The molecule has 0 bridgehead atoms. The van der Waals surface area contributed by atoms with Crippen molar-refractivity contribution in [2.24, 2.45) is 5.92 Å². The van der Waals surface area contributed by atoms with E-state index < -0.39 is 4.92 Å². The summed E-state index contributed by atoms with van der Waals surface area (Å²) < 4.78 is 1.64. The lowest BCUT2D eigenvalue weighted by Gasteiger charge is -2.00. The highest BCUT2D eigenvalue weighted by Gasteiger charge is 2.07. The third-order valence-corrected chi connectivity index (χ3v) is 2.84. The molecule has 1 aromatic heterocycles. The third kappa shape index (κ3) is 3.37. The first-order valence-corrected chi connectivity index (χ1v) is 6.22. The maximum absolute atomic E-state index is 10.6. The highest BCUT2D eigenvalue weighted by molar-refractivity contribution is 5.40. The molecule has 6 heteroatoms. The highest BCUT2D eigenvalue weighted by atomic mass is 16.6. The quantitative estimate of drug-likeness (QED) is 0.612. The predicted molar refractivity (Wildman–Crippen MR) is 71.2 cm³/mol. The minimum atomic E-state index is -0.417. The summed E-state index contributed by atoms with van der Waals surface area (Å²) in [6, 6.07) is 6.26. The normalized spacial score (nSPS) is 10.9. The lowest BCUT2D eigenvalue weighted by atomic mass is 10.1. The minimum absolute atomic E-state index is 0.0731. The molecule has 1 aromatic carbocycles. The smallest absolute Gasteiger partial charge is 0.258 e. The van der Waals surface area contributed by atoms with E-state index in [1.807, 2.05) is 6.20 Å². The van der Waals surface area contributed by atoms with E-state index in [0.717, 1.165) is 24.2 Å². The van der Waals surface area contributed by atoms with Crippen molar-refractivity contribution in [1.29, 1.82) is 0 Å². The van der Waals surface area contributed by atoms with Gasteiger partial charge in [-0.05, 0) is 30.9 Å². The van der Waals surface area contributed by atoms with Gasteiger partial charge in [-0.2, -0.15) is 0 Å². The first-order chi connectivity index (χ1) is 9.06. The van der Waals surface area contributed by atoms with Gasteiger partial charge in [0.2, 0.25) is 0 Å². The fraction of sp³-hybridized carbons (Fsp3) is 0.385. The van der Waals surface area contributed by atoms with Crippen molar-refractivity contribution >= 4 is 5.69 Å². The molecule has 0 spiro atoms. The molecule has 0 unspecified atom stereocenters. The number of nitro benzene ring substituents is 1. The van der Waals surface area contributed by atoms with Gasteiger partial charge in [0.05, 0.1) is 22.5 Å². The lowest BCUT2D eigenvalue weighted by molar-refractivity contribution is -0.384. The summed E-state index contributed by atoms with van der Waals surface area (Å²) in [6.07, 6.45) is 3.83. The van der Waals surface area contributed by atoms with Crippen molar-refractivity contribution in [3.8, 4) is 5.69 Å². The Hall–Kier alpha value is -2.24. The van der Waals surface area contributed by atoms with E-state index >= 15 is 0 Å². The van der Waals surface area contributed by atoms with Gasteiger partial charge in [-0.15, -0.1) is 5.10 Å². The number of nitro groups is 1. The van der Waals surface area contributed by atoms with Gasteiger partial charge >= 0.3 is 0 Å². The van der Waals surface area contributed by atoms with Crippen LogP contribution in [0.1, 0.15) is 26.0 Å². The average Bonchev–Trinajstić information content (AvgIpc) is 2.85. The predicted octanol–water partition coefficient (Wildman–Crippen LogP) is 2.76. The van der Waals surface area contributed by atoms with Crippen molar-refractivity contribution in [2.75, 3.05) is 0 Å². The van der Waals surface area contributed by atoms with Gasteiger partial charge in [-0.1, -0.05) is 19.1 Å². The van der Waals surface area contributed by atoms with Gasteiger partial charge in [-0.25, -0.2) is 4.68 Å². The van der Waals surface area contributed by atoms with E-state index in [9.17, 15) is 10.1 Å². The Balaban J connectivity index is 2.11. The van der Waals surface area contributed by atoms with Gasteiger partial charge in [0, 0.05) is 12.1 Å². The summed E-state index contributed by atoms with van der Waals surface area (Å²) in [4.78, 5) is 10.2. The molecule has 0 saturated heterocycles. The molecule has 2 rings (SSSR count). The number of rotatable bonds is 5. The van der Waals surface area contributed by atoms with E-state index in [1.165, 1.54) is 12.1 Å². The standard InChI is InChI=1S/C13H16N4O2/c1-10(2)3-4-11-9-16(15-14-11)12-5-7-13(8-6-12)17(18)19/h5-10H,3-4H2,1-2H3. The van der Waals surface area contributed by atoms with Crippen LogP contribution in [-0.2, 0) is 6.42 Å². The van der Waals surface area contributed by atoms with Gasteiger partial charge in [0.25, 0.3) is 5.69 Å². The molecular formula is C13H16N4O2. The Morgan fingerprint density at radius 3 is 2.58 bits per heavy atom. The lowest BCUT2D eigenvalue weighted by Crippen LogP contribution is -1.95. The van der Waals surface area contributed by atoms with Crippen LogP contribution in [0, 0.1) is 16.0 Å². The molecule has 0 saturated carbocycles. The Morgan fingerprint density at radius 2 is 2.00 bits per heavy atom. The number of aromatic nitrogens is 3. The molecule has 0 amide bonds.